The first-order chi connectivity index (χ1) is 11.3. The van der Waals surface area contributed by atoms with Crippen LogP contribution in [-0.4, -0.2) is 23.7 Å². The molecule has 1 rings (SSSR count). The lowest BCUT2D eigenvalue weighted by Gasteiger charge is -2.07. The summed E-state index contributed by atoms with van der Waals surface area (Å²) in [6.07, 6.45) is 2.09. The minimum atomic E-state index is -4.99. The molecule has 1 N–H and O–H groups in total. The minimum absolute atomic E-state index is 0.125. The molecule has 6 heteroatoms. The van der Waals surface area contributed by atoms with E-state index in [4.69, 9.17) is 4.74 Å². The van der Waals surface area contributed by atoms with Crippen LogP contribution in [0.2, 0.25) is 0 Å². The number of aliphatic hydroxyl groups excluding tert-OH is 1. The lowest BCUT2D eigenvalue weighted by Crippen LogP contribution is -2.20. The number of alkyl halides is 3. The van der Waals surface area contributed by atoms with Crippen LogP contribution in [0.15, 0.2) is 30.3 Å². The molecular formula is C18H23F3O3. The van der Waals surface area contributed by atoms with Crippen LogP contribution in [0, 0.1) is 0 Å². The molecule has 0 unspecified atom stereocenters. The van der Waals surface area contributed by atoms with Gasteiger partial charge in [-0.05, 0) is 30.7 Å². The van der Waals surface area contributed by atoms with Gasteiger partial charge in [0.2, 0.25) is 0 Å². The Balaban J connectivity index is 2.43. The number of hydrogen-bond acceptors (Lipinski definition) is 3. The molecule has 3 nitrogen and oxygen atoms in total. The van der Waals surface area contributed by atoms with Crippen molar-refractivity contribution in [3.05, 3.63) is 35.9 Å². The van der Waals surface area contributed by atoms with E-state index in [1.165, 1.54) is 37.8 Å². The first kappa shape index (κ1) is 20.1. The van der Waals surface area contributed by atoms with Crippen LogP contribution in [0.5, 0.6) is 5.75 Å². The third-order valence-corrected chi connectivity index (χ3v) is 3.46. The zero-order valence-corrected chi connectivity index (χ0v) is 13.7. The van der Waals surface area contributed by atoms with Crippen molar-refractivity contribution < 1.29 is 27.8 Å². The fraction of sp³-hybridized carbons (Fsp3) is 0.500. The summed E-state index contributed by atoms with van der Waals surface area (Å²) >= 11 is 0. The van der Waals surface area contributed by atoms with E-state index in [-0.39, 0.29) is 11.6 Å². The quantitative estimate of drug-likeness (QED) is 0.348. The van der Waals surface area contributed by atoms with Crippen LogP contribution in [0.25, 0.3) is 5.76 Å². The Hall–Kier alpha value is -1.98. The van der Waals surface area contributed by atoms with Gasteiger partial charge in [-0.1, -0.05) is 39.0 Å². The van der Waals surface area contributed by atoms with Crippen LogP contribution in [-0.2, 0) is 4.79 Å². The smallest absolute Gasteiger partial charge is 0.454 e. The molecule has 0 spiro atoms. The largest absolute Gasteiger partial charge is 0.507 e. The van der Waals surface area contributed by atoms with Crippen LogP contribution >= 0.6 is 0 Å². The maximum Gasteiger partial charge on any atom is 0.454 e. The summed E-state index contributed by atoms with van der Waals surface area (Å²) in [5.74, 6) is -2.24. The Bertz CT molecular complexity index is 533. The number of unbranched alkanes of at least 4 members (excludes halogenated alkanes) is 5. The van der Waals surface area contributed by atoms with Crippen molar-refractivity contribution in [2.45, 2.75) is 51.6 Å². The molecular weight excluding hydrogens is 321 g/mol. The second-order valence-corrected chi connectivity index (χ2v) is 5.53. The molecule has 0 aliphatic carbocycles. The van der Waals surface area contributed by atoms with Crippen molar-refractivity contribution in [2.24, 2.45) is 0 Å². The molecule has 0 bridgehead atoms. The summed E-state index contributed by atoms with van der Waals surface area (Å²) in [5, 5.41) is 9.56. The zero-order chi connectivity index (χ0) is 18.0. The molecule has 1 aromatic carbocycles. The summed E-state index contributed by atoms with van der Waals surface area (Å²) in [7, 11) is 0. The highest BCUT2D eigenvalue weighted by molar-refractivity contribution is 5.99. The molecule has 24 heavy (non-hydrogen) atoms. The molecule has 0 saturated heterocycles. The number of aliphatic hydroxyl groups is 1. The highest BCUT2D eigenvalue weighted by Gasteiger charge is 2.36. The second-order valence-electron chi connectivity index (χ2n) is 5.53. The van der Waals surface area contributed by atoms with Gasteiger partial charge < -0.3 is 9.84 Å². The Morgan fingerprint density at radius 3 is 2.25 bits per heavy atom. The molecule has 0 aromatic heterocycles. The van der Waals surface area contributed by atoms with Gasteiger partial charge in [0.15, 0.2) is 0 Å². The standard InChI is InChI=1S/C18H23F3O3/c1-2-3-4-5-6-7-12-24-15-10-8-14(9-11-15)16(22)13-17(23)18(19,20)21/h8-11,13,22H,2-7,12H2,1H3. The van der Waals surface area contributed by atoms with E-state index in [1.807, 2.05) is 0 Å². The number of rotatable bonds is 10. The molecule has 134 valence electrons. The van der Waals surface area contributed by atoms with Gasteiger partial charge in [-0.25, -0.2) is 0 Å². The Kier molecular flexibility index (Phi) is 8.36. The van der Waals surface area contributed by atoms with E-state index in [0.29, 0.717) is 12.4 Å². The minimum Gasteiger partial charge on any atom is -0.507 e. The van der Waals surface area contributed by atoms with Crippen LogP contribution in [0.1, 0.15) is 51.0 Å². The average molecular weight is 344 g/mol. The van der Waals surface area contributed by atoms with E-state index in [1.54, 1.807) is 12.1 Å². The molecule has 0 saturated carbocycles. The lowest BCUT2D eigenvalue weighted by molar-refractivity contribution is -0.165. The molecule has 0 fully saturated rings. The van der Waals surface area contributed by atoms with E-state index < -0.39 is 17.7 Å². The number of ether oxygens (including phenoxy) is 1. The van der Waals surface area contributed by atoms with Gasteiger partial charge in [0.1, 0.15) is 11.5 Å². The van der Waals surface area contributed by atoms with Crippen molar-refractivity contribution in [1.29, 1.82) is 0 Å². The summed E-state index contributed by atoms with van der Waals surface area (Å²) in [5.41, 5.74) is 0.125. The third-order valence-electron chi connectivity index (χ3n) is 3.46. The summed E-state index contributed by atoms with van der Waals surface area (Å²) < 4.78 is 41.9. The fourth-order valence-electron chi connectivity index (χ4n) is 2.08. The number of carbonyl (C=O) groups excluding carboxylic acids is 1. The molecule has 0 heterocycles. The normalized spacial score (nSPS) is 12.2. The predicted octanol–water partition coefficient (Wildman–Crippen LogP) is 5.46. The third kappa shape index (κ3) is 7.53. The molecule has 0 aliphatic rings. The Morgan fingerprint density at radius 1 is 1.08 bits per heavy atom. The molecule has 0 amide bonds. The van der Waals surface area contributed by atoms with Gasteiger partial charge >= 0.3 is 6.18 Å². The van der Waals surface area contributed by atoms with E-state index in [9.17, 15) is 23.1 Å². The summed E-state index contributed by atoms with van der Waals surface area (Å²) in [6, 6.07) is 5.92. The monoisotopic (exact) mass is 344 g/mol. The first-order valence-corrected chi connectivity index (χ1v) is 8.09. The van der Waals surface area contributed by atoms with Crippen molar-refractivity contribution in [3.8, 4) is 5.75 Å². The highest BCUT2D eigenvalue weighted by Crippen LogP contribution is 2.21. The van der Waals surface area contributed by atoms with Crippen molar-refractivity contribution in [3.63, 3.8) is 0 Å². The second kappa shape index (κ2) is 10.0. The van der Waals surface area contributed by atoms with Gasteiger partial charge in [-0.2, -0.15) is 13.2 Å². The van der Waals surface area contributed by atoms with Gasteiger partial charge in [-0.15, -0.1) is 0 Å². The van der Waals surface area contributed by atoms with Crippen molar-refractivity contribution >= 4 is 11.5 Å². The van der Waals surface area contributed by atoms with Crippen molar-refractivity contribution in [1.82, 2.24) is 0 Å². The maximum absolute atomic E-state index is 12.1. The Morgan fingerprint density at radius 2 is 1.67 bits per heavy atom. The summed E-state index contributed by atoms with van der Waals surface area (Å²) in [6.45, 7) is 2.73. The number of benzene rings is 1. The predicted molar refractivity (Wildman–Crippen MR) is 87.0 cm³/mol. The van der Waals surface area contributed by atoms with Gasteiger partial charge in [0.25, 0.3) is 5.78 Å². The van der Waals surface area contributed by atoms with Gasteiger partial charge in [-0.3, -0.25) is 4.79 Å². The fourth-order valence-corrected chi connectivity index (χ4v) is 2.08. The first-order valence-electron chi connectivity index (χ1n) is 8.09. The van der Waals surface area contributed by atoms with Crippen LogP contribution in [0.4, 0.5) is 13.2 Å². The SMILES string of the molecule is CCCCCCCCOc1ccc(C(O)=CC(=O)C(F)(F)F)cc1. The molecule has 0 radical (unpaired) electrons. The molecule has 0 aliphatic heterocycles. The maximum atomic E-state index is 12.1. The van der Waals surface area contributed by atoms with E-state index >= 15 is 0 Å². The zero-order valence-electron chi connectivity index (χ0n) is 13.7. The van der Waals surface area contributed by atoms with Crippen molar-refractivity contribution in [2.75, 3.05) is 6.61 Å². The molecule has 0 atom stereocenters. The highest BCUT2D eigenvalue weighted by atomic mass is 19.4. The number of carbonyl (C=O) groups is 1. The molecule has 1 aromatic rings. The number of halogens is 3. The van der Waals surface area contributed by atoms with Gasteiger partial charge in [0, 0.05) is 11.6 Å². The number of allylic oxidation sites excluding steroid dienone is 1. The van der Waals surface area contributed by atoms with Crippen LogP contribution < -0.4 is 4.74 Å². The van der Waals surface area contributed by atoms with Gasteiger partial charge in [0.05, 0.1) is 6.61 Å². The van der Waals surface area contributed by atoms with E-state index in [0.717, 1.165) is 12.8 Å². The number of hydrogen-bond donors (Lipinski definition) is 1. The average Bonchev–Trinajstić information content (AvgIpc) is 2.53. The lowest BCUT2D eigenvalue weighted by atomic mass is 10.1. The summed E-state index contributed by atoms with van der Waals surface area (Å²) in [4.78, 5) is 10.8. The van der Waals surface area contributed by atoms with Crippen LogP contribution in [0.3, 0.4) is 0 Å². The topological polar surface area (TPSA) is 46.5 Å². The Labute approximate surface area is 140 Å². The number of ketones is 1. The van der Waals surface area contributed by atoms with E-state index in [2.05, 4.69) is 6.92 Å².